The van der Waals surface area contributed by atoms with Crippen molar-refractivity contribution < 1.29 is 23.8 Å². The topological polar surface area (TPSA) is 65.1 Å². The largest absolute Gasteiger partial charge is 0.454 e. The molecule has 144 valence electrons. The van der Waals surface area contributed by atoms with Crippen molar-refractivity contribution in [2.45, 2.75) is 19.3 Å². The van der Waals surface area contributed by atoms with Crippen molar-refractivity contribution in [2.75, 3.05) is 25.3 Å². The number of ether oxygens (including phenoxy) is 3. The molecule has 0 unspecified atom stereocenters. The molecule has 6 nitrogen and oxygen atoms in total. The van der Waals surface area contributed by atoms with Crippen molar-refractivity contribution in [3.63, 3.8) is 0 Å². The number of likely N-dealkylation sites (N-methyl/N-ethyl adjacent to an activating group) is 1. The number of carbonyl (C=O) groups excluding carboxylic acids is 2. The number of rotatable bonds is 4. The molecule has 2 aromatic rings. The minimum absolute atomic E-state index is 0.131. The van der Waals surface area contributed by atoms with Crippen molar-refractivity contribution in [1.82, 2.24) is 0 Å². The molecule has 28 heavy (non-hydrogen) atoms. The van der Waals surface area contributed by atoms with E-state index in [-0.39, 0.29) is 24.6 Å². The highest BCUT2D eigenvalue weighted by atomic mass is 16.7. The van der Waals surface area contributed by atoms with Crippen LogP contribution in [0.25, 0.3) is 0 Å². The second kappa shape index (κ2) is 6.71. The van der Waals surface area contributed by atoms with Gasteiger partial charge >= 0.3 is 5.97 Å². The number of hydrogen-bond donors (Lipinski definition) is 0. The number of nitrogens with zero attached hydrogens (tertiary/aromatic N) is 1. The number of para-hydroxylation sites is 1. The molecular formula is C22H21NO5. The smallest absolute Gasteiger partial charge is 0.338 e. The highest BCUT2D eigenvalue weighted by molar-refractivity contribution is 5.96. The lowest BCUT2D eigenvalue weighted by Gasteiger charge is -2.23. The number of fused-ring (bicyclic) bond motifs is 2. The molecule has 0 aliphatic carbocycles. The standard InChI is InChI=1S/C22H21NO5/c1-22(2)16-6-4-5-7-17(16)23(3)20(22)11-15(24)12-26-21(25)14-8-9-18-19(10-14)28-13-27-18/h4-11H,12-13H2,1-3H3/b20-11+. The van der Waals surface area contributed by atoms with Gasteiger partial charge in [-0.05, 0) is 29.8 Å². The van der Waals surface area contributed by atoms with E-state index in [1.165, 1.54) is 0 Å². The van der Waals surface area contributed by atoms with Gasteiger partial charge in [-0.1, -0.05) is 32.0 Å². The fourth-order valence-electron chi connectivity index (χ4n) is 3.70. The zero-order valence-electron chi connectivity index (χ0n) is 16.0. The molecule has 0 bridgehead atoms. The first-order valence-corrected chi connectivity index (χ1v) is 9.03. The Balaban J connectivity index is 1.45. The van der Waals surface area contributed by atoms with Crippen molar-refractivity contribution in [1.29, 1.82) is 0 Å². The van der Waals surface area contributed by atoms with E-state index in [2.05, 4.69) is 19.9 Å². The Morgan fingerprint density at radius 3 is 2.68 bits per heavy atom. The third kappa shape index (κ3) is 3.01. The Labute approximate surface area is 163 Å². The van der Waals surface area contributed by atoms with E-state index in [4.69, 9.17) is 14.2 Å². The Kier molecular flexibility index (Phi) is 4.34. The summed E-state index contributed by atoms with van der Waals surface area (Å²) in [4.78, 5) is 26.7. The van der Waals surface area contributed by atoms with E-state index >= 15 is 0 Å². The molecule has 0 fully saturated rings. The van der Waals surface area contributed by atoms with Crippen LogP contribution in [-0.2, 0) is 14.9 Å². The average molecular weight is 379 g/mol. The van der Waals surface area contributed by atoms with Gasteiger partial charge in [0.1, 0.15) is 0 Å². The number of carbonyl (C=O) groups is 2. The Morgan fingerprint density at radius 2 is 1.89 bits per heavy atom. The lowest BCUT2D eigenvalue weighted by molar-refractivity contribution is -0.117. The number of esters is 1. The van der Waals surface area contributed by atoms with E-state index in [0.29, 0.717) is 17.1 Å². The van der Waals surface area contributed by atoms with Crippen LogP contribution in [0.15, 0.2) is 54.2 Å². The van der Waals surface area contributed by atoms with Gasteiger partial charge in [-0.2, -0.15) is 0 Å². The van der Waals surface area contributed by atoms with Crippen LogP contribution in [0.1, 0.15) is 29.8 Å². The summed E-state index contributed by atoms with van der Waals surface area (Å²) >= 11 is 0. The number of ketones is 1. The molecule has 0 aromatic heterocycles. The zero-order valence-corrected chi connectivity index (χ0v) is 16.0. The van der Waals surface area contributed by atoms with Crippen LogP contribution >= 0.6 is 0 Å². The highest BCUT2D eigenvalue weighted by Crippen LogP contribution is 2.46. The van der Waals surface area contributed by atoms with Gasteiger partial charge in [-0.25, -0.2) is 4.79 Å². The lowest BCUT2D eigenvalue weighted by Crippen LogP contribution is -2.25. The molecule has 2 aliphatic rings. The summed E-state index contributed by atoms with van der Waals surface area (Å²) in [6.07, 6.45) is 1.56. The molecule has 4 rings (SSSR count). The molecule has 0 saturated carbocycles. The molecule has 0 N–H and O–H groups in total. The van der Waals surface area contributed by atoms with E-state index in [0.717, 1.165) is 16.9 Å². The van der Waals surface area contributed by atoms with Gasteiger partial charge in [-0.15, -0.1) is 0 Å². The number of allylic oxidation sites excluding steroid dienone is 1. The van der Waals surface area contributed by atoms with Crippen LogP contribution in [0.4, 0.5) is 5.69 Å². The fourth-order valence-corrected chi connectivity index (χ4v) is 3.70. The van der Waals surface area contributed by atoms with Gasteiger partial charge < -0.3 is 19.1 Å². The van der Waals surface area contributed by atoms with Gasteiger partial charge in [0, 0.05) is 29.9 Å². The molecule has 0 radical (unpaired) electrons. The van der Waals surface area contributed by atoms with E-state index in [1.807, 2.05) is 30.1 Å². The molecule has 2 aliphatic heterocycles. The fraction of sp³-hybridized carbons (Fsp3) is 0.273. The normalized spacial score (nSPS) is 17.5. The van der Waals surface area contributed by atoms with Gasteiger partial charge in [-0.3, -0.25) is 4.79 Å². The second-order valence-corrected chi connectivity index (χ2v) is 7.34. The van der Waals surface area contributed by atoms with Crippen LogP contribution in [0, 0.1) is 0 Å². The Bertz CT molecular complexity index is 992. The zero-order chi connectivity index (χ0) is 19.9. The average Bonchev–Trinajstić information content (AvgIpc) is 3.23. The van der Waals surface area contributed by atoms with Gasteiger partial charge in [0.15, 0.2) is 23.9 Å². The molecule has 0 saturated heterocycles. The van der Waals surface area contributed by atoms with E-state index in [9.17, 15) is 9.59 Å². The van der Waals surface area contributed by atoms with Crippen molar-refractivity contribution in [3.8, 4) is 11.5 Å². The maximum atomic E-state index is 12.5. The molecule has 2 heterocycles. The first-order chi connectivity index (χ1) is 13.4. The third-order valence-corrected chi connectivity index (χ3v) is 5.19. The van der Waals surface area contributed by atoms with Crippen LogP contribution < -0.4 is 14.4 Å². The SMILES string of the molecule is CN1/C(=C/C(=O)COC(=O)c2ccc3c(c2)OCO3)C(C)(C)c2ccccc21. The van der Waals surface area contributed by atoms with Crippen molar-refractivity contribution >= 4 is 17.4 Å². The first kappa shape index (κ1) is 18.1. The van der Waals surface area contributed by atoms with Gasteiger partial charge in [0.2, 0.25) is 6.79 Å². The van der Waals surface area contributed by atoms with E-state index < -0.39 is 5.97 Å². The van der Waals surface area contributed by atoms with E-state index in [1.54, 1.807) is 24.3 Å². The van der Waals surface area contributed by atoms with Gasteiger partial charge in [0.05, 0.1) is 5.56 Å². The second-order valence-electron chi connectivity index (χ2n) is 7.34. The van der Waals surface area contributed by atoms with Crippen LogP contribution in [0.3, 0.4) is 0 Å². The predicted molar refractivity (Wildman–Crippen MR) is 104 cm³/mol. The molecule has 6 heteroatoms. The number of anilines is 1. The summed E-state index contributed by atoms with van der Waals surface area (Å²) in [5.41, 5.74) is 3.12. The monoisotopic (exact) mass is 379 g/mol. The Hall–Kier alpha value is -3.28. The van der Waals surface area contributed by atoms with Crippen LogP contribution in [0.5, 0.6) is 11.5 Å². The lowest BCUT2D eigenvalue weighted by atomic mass is 9.83. The predicted octanol–water partition coefficient (Wildman–Crippen LogP) is 3.45. The molecule has 0 spiro atoms. The minimum Gasteiger partial charge on any atom is -0.454 e. The molecule has 0 atom stereocenters. The van der Waals surface area contributed by atoms with Crippen molar-refractivity contribution in [3.05, 3.63) is 65.4 Å². The minimum atomic E-state index is -0.577. The summed E-state index contributed by atoms with van der Waals surface area (Å²) in [5, 5.41) is 0. The Morgan fingerprint density at radius 1 is 1.14 bits per heavy atom. The first-order valence-electron chi connectivity index (χ1n) is 9.03. The molecule has 0 amide bonds. The van der Waals surface area contributed by atoms with Gasteiger partial charge in [0.25, 0.3) is 0 Å². The van der Waals surface area contributed by atoms with Crippen LogP contribution in [-0.4, -0.2) is 32.2 Å². The summed E-state index contributed by atoms with van der Waals surface area (Å²) in [7, 11) is 1.94. The number of hydrogen-bond acceptors (Lipinski definition) is 6. The maximum absolute atomic E-state index is 12.5. The third-order valence-electron chi connectivity index (χ3n) is 5.19. The summed E-state index contributed by atoms with van der Waals surface area (Å²) in [6.45, 7) is 3.96. The summed E-state index contributed by atoms with van der Waals surface area (Å²) < 4.78 is 15.7. The quantitative estimate of drug-likeness (QED) is 0.599. The maximum Gasteiger partial charge on any atom is 0.338 e. The highest BCUT2D eigenvalue weighted by Gasteiger charge is 2.38. The van der Waals surface area contributed by atoms with Crippen molar-refractivity contribution in [2.24, 2.45) is 0 Å². The summed E-state index contributed by atoms with van der Waals surface area (Å²) in [6, 6.07) is 12.9. The number of benzene rings is 2. The molecular weight excluding hydrogens is 358 g/mol. The molecule has 2 aromatic carbocycles. The summed E-state index contributed by atoms with van der Waals surface area (Å²) in [5.74, 6) is 0.239. The van der Waals surface area contributed by atoms with Crippen LogP contribution in [0.2, 0.25) is 0 Å².